The molecule has 0 amide bonds. The monoisotopic (exact) mass is 786 g/mol. The van der Waals surface area contributed by atoms with E-state index in [4.69, 9.17) is 10.2 Å². The van der Waals surface area contributed by atoms with Gasteiger partial charge in [-0.2, -0.15) is 0 Å². The predicted molar refractivity (Wildman–Crippen MR) is 253 cm³/mol. The molecule has 294 valence electrons. The first-order valence-corrected chi connectivity index (χ1v) is 21.7. The Bertz CT molecular complexity index is 3190. The molecule has 0 atom stereocenters. The molecule has 61 heavy (non-hydrogen) atoms. The van der Waals surface area contributed by atoms with Crippen molar-refractivity contribution in [2.75, 3.05) is 0 Å². The first kappa shape index (κ1) is 36.8. The third kappa shape index (κ3) is 6.04. The van der Waals surface area contributed by atoms with Gasteiger partial charge in [-0.05, 0) is 106 Å². The molecule has 0 unspecified atom stereocenters. The molecule has 8 aromatic carbocycles. The van der Waals surface area contributed by atoms with Crippen LogP contribution < -0.4 is 0 Å². The molecule has 0 fully saturated rings. The molecule has 0 N–H and O–H groups in total. The normalized spacial score (nSPS) is 12.8. The molecule has 0 saturated heterocycles. The first-order chi connectivity index (χ1) is 30.1. The molecule has 0 radical (unpaired) electrons. The number of nitrogens with zero attached hydrogens (tertiary/aromatic N) is 4. The van der Waals surface area contributed by atoms with Crippen molar-refractivity contribution in [2.45, 2.75) is 44.9 Å². The average Bonchev–Trinajstić information content (AvgIpc) is 3.99. The van der Waals surface area contributed by atoms with E-state index < -0.39 is 0 Å². The van der Waals surface area contributed by atoms with Gasteiger partial charge in [0, 0.05) is 38.7 Å². The minimum absolute atomic E-state index is 0.0664. The van der Waals surface area contributed by atoms with Crippen LogP contribution in [0.5, 0.6) is 0 Å². The molecular formula is C57H46N4. The SMILES string of the molecule is CCCC1(CCC)c2cc(-c3ccc(-c4nnc(-c5ccccc5)n4-c4ccccc4)cc3)ccc2-c2ccc(-c3ccc4c5ccccc5n(-c5ccccc5)c4c3)cc21. The molecule has 11 rings (SSSR count). The summed E-state index contributed by atoms with van der Waals surface area (Å²) in [6.07, 6.45) is 4.43. The first-order valence-electron chi connectivity index (χ1n) is 21.7. The zero-order valence-electron chi connectivity index (χ0n) is 34.6. The molecule has 0 saturated carbocycles. The number of hydrogen-bond acceptors (Lipinski definition) is 2. The van der Waals surface area contributed by atoms with E-state index >= 15 is 0 Å². The molecule has 2 aromatic heterocycles. The van der Waals surface area contributed by atoms with Crippen molar-refractivity contribution in [1.29, 1.82) is 0 Å². The molecule has 1 aliphatic rings. The second kappa shape index (κ2) is 15.1. The third-order valence-corrected chi connectivity index (χ3v) is 12.9. The summed E-state index contributed by atoms with van der Waals surface area (Å²) in [5.74, 6) is 1.65. The van der Waals surface area contributed by atoms with Gasteiger partial charge in [0.1, 0.15) is 0 Å². The fraction of sp³-hybridized carbons (Fsp3) is 0.123. The number of aromatic nitrogens is 4. The number of hydrogen-bond donors (Lipinski definition) is 0. The fourth-order valence-corrected chi connectivity index (χ4v) is 10.3. The van der Waals surface area contributed by atoms with Gasteiger partial charge in [0.15, 0.2) is 11.6 Å². The van der Waals surface area contributed by atoms with Crippen molar-refractivity contribution in [3.8, 4) is 67.5 Å². The van der Waals surface area contributed by atoms with E-state index in [0.717, 1.165) is 54.1 Å². The van der Waals surface area contributed by atoms with Crippen molar-refractivity contribution >= 4 is 21.8 Å². The Hall–Kier alpha value is -7.30. The minimum atomic E-state index is -0.0664. The highest BCUT2D eigenvalue weighted by atomic mass is 15.3. The van der Waals surface area contributed by atoms with Crippen LogP contribution in [0.1, 0.15) is 50.7 Å². The quantitative estimate of drug-likeness (QED) is 0.138. The van der Waals surface area contributed by atoms with Crippen LogP contribution in [0.3, 0.4) is 0 Å². The maximum absolute atomic E-state index is 4.76. The highest BCUT2D eigenvalue weighted by Gasteiger charge is 2.42. The predicted octanol–water partition coefficient (Wildman–Crippen LogP) is 14.9. The zero-order chi connectivity index (χ0) is 40.9. The molecule has 1 aliphatic carbocycles. The van der Waals surface area contributed by atoms with Gasteiger partial charge in [-0.25, -0.2) is 0 Å². The Balaban J connectivity index is 0.983. The van der Waals surface area contributed by atoms with Gasteiger partial charge < -0.3 is 4.57 Å². The Kier molecular flexibility index (Phi) is 9.08. The van der Waals surface area contributed by atoms with E-state index in [1.807, 2.05) is 24.3 Å². The van der Waals surface area contributed by atoms with Gasteiger partial charge in [0.05, 0.1) is 11.0 Å². The van der Waals surface area contributed by atoms with Crippen LogP contribution in [0.2, 0.25) is 0 Å². The van der Waals surface area contributed by atoms with Gasteiger partial charge in [0.25, 0.3) is 0 Å². The summed E-state index contributed by atoms with van der Waals surface area (Å²) in [6.45, 7) is 4.68. The van der Waals surface area contributed by atoms with Crippen LogP contribution in [0.25, 0.3) is 89.3 Å². The molecule has 0 bridgehead atoms. The average molecular weight is 787 g/mol. The Morgan fingerprint density at radius 1 is 0.377 bits per heavy atom. The summed E-state index contributed by atoms with van der Waals surface area (Å²) < 4.78 is 4.58. The molecule has 2 heterocycles. The van der Waals surface area contributed by atoms with Crippen LogP contribution in [0.15, 0.2) is 194 Å². The number of benzene rings is 8. The van der Waals surface area contributed by atoms with Gasteiger partial charge in [-0.1, -0.05) is 172 Å². The summed E-state index contributed by atoms with van der Waals surface area (Å²) >= 11 is 0. The van der Waals surface area contributed by atoms with Crippen LogP contribution in [-0.2, 0) is 5.41 Å². The lowest BCUT2D eigenvalue weighted by Crippen LogP contribution is -2.25. The van der Waals surface area contributed by atoms with Crippen molar-refractivity contribution in [3.63, 3.8) is 0 Å². The van der Waals surface area contributed by atoms with Gasteiger partial charge in [-0.15, -0.1) is 10.2 Å². The van der Waals surface area contributed by atoms with E-state index in [1.165, 1.54) is 72.0 Å². The standard InChI is InChI=1S/C57H46N4/c1-3-34-57(35-4-2)51-36-42(39-24-26-41(27-25-39)56-59-58-55(40-16-8-5-9-17-40)61(56)46-20-12-7-13-21-46)28-31-47(51)48-32-29-43(37-52(48)57)44-30-33-50-49-22-14-15-23-53(49)60(54(50)38-44)45-18-10-6-11-19-45/h5-33,36-38H,3-4,34-35H2,1-2H3. The third-order valence-electron chi connectivity index (χ3n) is 12.9. The maximum Gasteiger partial charge on any atom is 0.168 e. The number of fused-ring (bicyclic) bond motifs is 6. The summed E-state index contributed by atoms with van der Waals surface area (Å²) in [5, 5.41) is 12.0. The highest BCUT2D eigenvalue weighted by molar-refractivity contribution is 6.10. The lowest BCUT2D eigenvalue weighted by molar-refractivity contribution is 0.436. The van der Waals surface area contributed by atoms with E-state index in [0.29, 0.717) is 0 Å². The van der Waals surface area contributed by atoms with Crippen LogP contribution in [0.4, 0.5) is 0 Å². The van der Waals surface area contributed by atoms with E-state index in [2.05, 4.69) is 193 Å². The highest BCUT2D eigenvalue weighted by Crippen LogP contribution is 2.55. The Morgan fingerprint density at radius 3 is 1.43 bits per heavy atom. The minimum Gasteiger partial charge on any atom is -0.309 e. The van der Waals surface area contributed by atoms with Gasteiger partial charge in [-0.3, -0.25) is 4.57 Å². The second-order valence-electron chi connectivity index (χ2n) is 16.5. The Morgan fingerprint density at radius 2 is 0.820 bits per heavy atom. The van der Waals surface area contributed by atoms with Gasteiger partial charge >= 0.3 is 0 Å². The van der Waals surface area contributed by atoms with Gasteiger partial charge in [0.2, 0.25) is 0 Å². The zero-order valence-corrected chi connectivity index (χ0v) is 34.6. The summed E-state index contributed by atoms with van der Waals surface area (Å²) in [4.78, 5) is 0. The molecule has 10 aromatic rings. The van der Waals surface area contributed by atoms with E-state index in [1.54, 1.807) is 0 Å². The largest absolute Gasteiger partial charge is 0.309 e. The van der Waals surface area contributed by atoms with Crippen molar-refractivity contribution in [1.82, 2.24) is 19.3 Å². The summed E-state index contributed by atoms with van der Waals surface area (Å²) in [6, 6.07) is 70.6. The van der Waals surface area contributed by atoms with Crippen LogP contribution >= 0.6 is 0 Å². The molecule has 4 heteroatoms. The maximum atomic E-state index is 4.76. The summed E-state index contributed by atoms with van der Waals surface area (Å²) in [7, 11) is 0. The van der Waals surface area contributed by atoms with E-state index in [9.17, 15) is 0 Å². The number of para-hydroxylation sites is 3. The Labute approximate surface area is 357 Å². The summed E-state index contributed by atoms with van der Waals surface area (Å²) in [5.41, 5.74) is 17.3. The lowest BCUT2D eigenvalue weighted by atomic mass is 9.71. The molecule has 4 nitrogen and oxygen atoms in total. The second-order valence-corrected chi connectivity index (χ2v) is 16.5. The molecule has 0 spiro atoms. The topological polar surface area (TPSA) is 35.6 Å². The fourth-order valence-electron chi connectivity index (χ4n) is 10.3. The smallest absolute Gasteiger partial charge is 0.168 e. The van der Waals surface area contributed by atoms with Crippen LogP contribution in [-0.4, -0.2) is 19.3 Å². The number of rotatable bonds is 10. The van der Waals surface area contributed by atoms with Crippen LogP contribution in [0, 0.1) is 0 Å². The van der Waals surface area contributed by atoms with Crippen molar-refractivity contribution in [2.24, 2.45) is 0 Å². The van der Waals surface area contributed by atoms with E-state index in [-0.39, 0.29) is 5.41 Å². The van der Waals surface area contributed by atoms with Crippen molar-refractivity contribution in [3.05, 3.63) is 205 Å². The van der Waals surface area contributed by atoms with Crippen molar-refractivity contribution < 1.29 is 0 Å². The molecule has 0 aliphatic heterocycles. The lowest BCUT2D eigenvalue weighted by Gasteiger charge is -2.32. The molecular weight excluding hydrogens is 741 g/mol.